The number of hydrogen-bond donors (Lipinski definition) is 6. The summed E-state index contributed by atoms with van der Waals surface area (Å²) in [4.78, 5) is -1.49. The van der Waals surface area contributed by atoms with E-state index >= 15 is 0 Å². The first kappa shape index (κ1) is 30.6. The summed E-state index contributed by atoms with van der Waals surface area (Å²) in [6.07, 6.45) is 0. The number of fused-ring (bicyclic) bond motifs is 1. The molecular formula is C26H27N5O9S2. The third-order valence-electron chi connectivity index (χ3n) is 6.14. The average molecular weight is 618 g/mol. The van der Waals surface area contributed by atoms with Crippen LogP contribution < -0.4 is 15.2 Å². The van der Waals surface area contributed by atoms with Crippen molar-refractivity contribution in [2.75, 3.05) is 20.0 Å². The second-order valence-electron chi connectivity index (χ2n) is 9.03. The Morgan fingerprint density at radius 2 is 1.36 bits per heavy atom. The van der Waals surface area contributed by atoms with Crippen LogP contribution in [-0.2, 0) is 10.1 Å². The number of methoxy groups -OCH3 is 2. The Morgan fingerprint density at radius 1 is 0.762 bits per heavy atom. The molecule has 0 spiro atoms. The third-order valence-corrected chi connectivity index (χ3v) is 7.91. The molecule has 0 saturated carbocycles. The SMILES string of the molecule is COc1cc(N=Nc2c(S(O)(O)O)cc3cc(S(=O)(=O)O)c(N=Nc4ccc(C)cc4)c(N)c3c2O)c(OC)cc1C. The van der Waals surface area contributed by atoms with Gasteiger partial charge in [-0.05, 0) is 55.1 Å². The van der Waals surface area contributed by atoms with Crippen molar-refractivity contribution in [3.63, 3.8) is 0 Å². The minimum atomic E-state index is -4.96. The minimum Gasteiger partial charge on any atom is -0.505 e. The Kier molecular flexibility index (Phi) is 8.40. The van der Waals surface area contributed by atoms with Gasteiger partial charge in [-0.15, -0.1) is 15.3 Å². The summed E-state index contributed by atoms with van der Waals surface area (Å²) in [7, 11) is -6.69. The van der Waals surface area contributed by atoms with Gasteiger partial charge >= 0.3 is 0 Å². The molecule has 14 nitrogen and oxygen atoms in total. The highest BCUT2D eigenvalue weighted by Crippen LogP contribution is 2.56. The molecule has 16 heteroatoms. The summed E-state index contributed by atoms with van der Waals surface area (Å²) in [6.45, 7) is 3.63. The summed E-state index contributed by atoms with van der Waals surface area (Å²) in [5.41, 5.74) is 6.85. The number of aromatic hydroxyl groups is 1. The highest BCUT2D eigenvalue weighted by Gasteiger charge is 2.29. The van der Waals surface area contributed by atoms with E-state index in [9.17, 15) is 31.7 Å². The first-order valence-electron chi connectivity index (χ1n) is 11.9. The van der Waals surface area contributed by atoms with Gasteiger partial charge in [0.25, 0.3) is 10.1 Å². The normalized spacial score (nSPS) is 12.9. The van der Waals surface area contributed by atoms with E-state index in [0.29, 0.717) is 11.4 Å². The second kappa shape index (κ2) is 11.5. The van der Waals surface area contributed by atoms with E-state index in [-0.39, 0.29) is 22.2 Å². The number of phenolic OH excluding ortho intramolecular Hbond substituents is 1. The van der Waals surface area contributed by atoms with Gasteiger partial charge in [-0.3, -0.25) is 4.55 Å². The fourth-order valence-electron chi connectivity index (χ4n) is 4.05. The van der Waals surface area contributed by atoms with Crippen LogP contribution >= 0.6 is 10.9 Å². The van der Waals surface area contributed by atoms with E-state index in [4.69, 9.17) is 15.2 Å². The van der Waals surface area contributed by atoms with Gasteiger partial charge in [-0.2, -0.15) is 13.5 Å². The molecule has 4 aromatic rings. The van der Waals surface area contributed by atoms with Gasteiger partial charge in [0, 0.05) is 6.07 Å². The lowest BCUT2D eigenvalue weighted by Crippen LogP contribution is -2.03. The summed E-state index contributed by atoms with van der Waals surface area (Å²) in [6, 6.07) is 11.7. The van der Waals surface area contributed by atoms with Crippen LogP contribution in [0.2, 0.25) is 0 Å². The Balaban J connectivity index is 2.01. The van der Waals surface area contributed by atoms with Crippen LogP contribution in [0, 0.1) is 13.8 Å². The lowest BCUT2D eigenvalue weighted by Gasteiger charge is -2.23. The number of aryl methyl sites for hydroxylation is 2. The number of rotatable bonds is 8. The first-order valence-corrected chi connectivity index (χ1v) is 14.8. The summed E-state index contributed by atoms with van der Waals surface area (Å²) < 4.78 is 75.6. The Hall–Kier alpha value is -4.32. The van der Waals surface area contributed by atoms with Crippen molar-refractivity contribution in [3.8, 4) is 17.2 Å². The summed E-state index contributed by atoms with van der Waals surface area (Å²) in [5.74, 6) is -0.0974. The quantitative estimate of drug-likeness (QED) is 0.0650. The minimum absolute atomic E-state index is 0.127. The molecule has 7 N–H and O–H groups in total. The monoisotopic (exact) mass is 617 g/mol. The lowest BCUT2D eigenvalue weighted by molar-refractivity contribution is 0.375. The topological polar surface area (TPSA) is 229 Å². The van der Waals surface area contributed by atoms with Crippen molar-refractivity contribution in [1.29, 1.82) is 0 Å². The largest absolute Gasteiger partial charge is 0.505 e. The molecule has 0 saturated heterocycles. The molecule has 0 radical (unpaired) electrons. The molecule has 0 aliphatic rings. The number of anilines is 1. The molecule has 0 aliphatic carbocycles. The van der Waals surface area contributed by atoms with Crippen molar-refractivity contribution in [3.05, 3.63) is 59.7 Å². The van der Waals surface area contributed by atoms with Crippen molar-refractivity contribution in [2.45, 2.75) is 23.6 Å². The smallest absolute Gasteiger partial charge is 0.296 e. The fraction of sp³-hybridized carbons (Fsp3) is 0.154. The van der Waals surface area contributed by atoms with Crippen LogP contribution in [0.3, 0.4) is 0 Å². The number of nitrogens with two attached hydrogens (primary N) is 1. The molecule has 0 fully saturated rings. The molecule has 0 atom stereocenters. The van der Waals surface area contributed by atoms with E-state index in [2.05, 4.69) is 20.5 Å². The molecule has 0 aliphatic heterocycles. The zero-order valence-corrected chi connectivity index (χ0v) is 24.3. The maximum absolute atomic E-state index is 12.3. The predicted octanol–water partition coefficient (Wildman–Crippen LogP) is 7.42. The van der Waals surface area contributed by atoms with Gasteiger partial charge in [0.05, 0.1) is 35.9 Å². The van der Waals surface area contributed by atoms with Gasteiger partial charge in [0.1, 0.15) is 44.3 Å². The second-order valence-corrected chi connectivity index (χ2v) is 11.9. The number of benzene rings is 4. The highest BCUT2D eigenvalue weighted by atomic mass is 32.3. The van der Waals surface area contributed by atoms with Crippen LogP contribution in [0.1, 0.15) is 11.1 Å². The standard InChI is InChI=1S/C26H27N5O9S2/c1-13-5-7-16(8-6-13)28-30-24-20(41(33,34)35)10-15-11-21(42(36,37)38)25(26(32)22(15)23(24)27)31-29-17-12-18(39-3)14(2)9-19(17)40-4/h5-12,32,36-38H,27H2,1-4H3,(H,33,34,35). The van der Waals surface area contributed by atoms with Crippen molar-refractivity contribution in [1.82, 2.24) is 0 Å². The lowest BCUT2D eigenvalue weighted by atomic mass is 10.1. The van der Waals surface area contributed by atoms with Crippen LogP contribution in [0.5, 0.6) is 17.2 Å². The number of phenols is 1. The number of nitrogens with zero attached hydrogens (tertiary/aromatic N) is 4. The zero-order chi connectivity index (χ0) is 31.0. The summed E-state index contributed by atoms with van der Waals surface area (Å²) in [5, 5.41) is 26.7. The van der Waals surface area contributed by atoms with E-state index in [1.807, 2.05) is 6.92 Å². The molecule has 0 aromatic heterocycles. The Labute approximate surface area is 242 Å². The van der Waals surface area contributed by atoms with Gasteiger partial charge in [-0.25, -0.2) is 0 Å². The number of ether oxygens (including phenoxy) is 2. The first-order chi connectivity index (χ1) is 19.6. The van der Waals surface area contributed by atoms with Crippen LogP contribution in [-0.4, -0.2) is 46.0 Å². The van der Waals surface area contributed by atoms with Gasteiger partial charge in [0.15, 0.2) is 5.75 Å². The van der Waals surface area contributed by atoms with E-state index < -0.39 is 53.6 Å². The Morgan fingerprint density at radius 3 is 1.93 bits per heavy atom. The molecule has 42 heavy (non-hydrogen) atoms. The maximum Gasteiger partial charge on any atom is 0.296 e. The molecule has 0 heterocycles. The molecule has 4 rings (SSSR count). The van der Waals surface area contributed by atoms with Crippen LogP contribution in [0.25, 0.3) is 10.8 Å². The maximum atomic E-state index is 12.3. The van der Waals surface area contributed by atoms with Gasteiger partial charge in [0.2, 0.25) is 0 Å². The van der Waals surface area contributed by atoms with Gasteiger partial charge in [-0.1, -0.05) is 17.7 Å². The molecule has 0 amide bonds. The molecular weight excluding hydrogens is 590 g/mol. The van der Waals surface area contributed by atoms with Crippen molar-refractivity contribution >= 4 is 60.2 Å². The molecule has 4 aromatic carbocycles. The molecule has 0 bridgehead atoms. The number of nitrogen functional groups attached to an aromatic ring is 1. The third kappa shape index (κ3) is 6.13. The van der Waals surface area contributed by atoms with E-state index in [0.717, 1.165) is 23.3 Å². The van der Waals surface area contributed by atoms with Gasteiger partial charge < -0.3 is 34.0 Å². The zero-order valence-electron chi connectivity index (χ0n) is 22.7. The summed E-state index contributed by atoms with van der Waals surface area (Å²) >= 11 is 0. The van der Waals surface area contributed by atoms with Crippen LogP contribution in [0.15, 0.2) is 78.8 Å². The number of hydrogen-bond acceptors (Lipinski definition) is 13. The average Bonchev–Trinajstić information content (AvgIpc) is 2.91. The highest BCUT2D eigenvalue weighted by molar-refractivity contribution is 8.19. The molecule has 222 valence electrons. The predicted molar refractivity (Wildman–Crippen MR) is 157 cm³/mol. The van der Waals surface area contributed by atoms with Crippen LogP contribution in [0.4, 0.5) is 28.4 Å². The van der Waals surface area contributed by atoms with E-state index in [1.165, 1.54) is 20.3 Å². The van der Waals surface area contributed by atoms with Crippen molar-refractivity contribution < 1.29 is 41.2 Å². The Bertz CT molecular complexity index is 1850. The van der Waals surface area contributed by atoms with E-state index in [1.54, 1.807) is 37.3 Å². The molecule has 0 unspecified atom stereocenters. The van der Waals surface area contributed by atoms with Crippen molar-refractivity contribution in [2.24, 2.45) is 20.5 Å². The number of azo groups is 2. The fourth-order valence-corrected chi connectivity index (χ4v) is 5.40.